The average molecular weight is 159 g/mol. The molecular weight excluding hydrogens is 146 g/mol. The first-order chi connectivity index (χ1) is 5.33. The first kappa shape index (κ1) is 8.33. The van der Waals surface area contributed by atoms with Crippen LogP contribution in [0.3, 0.4) is 0 Å². The Kier molecular flexibility index (Phi) is 3.16. The summed E-state index contributed by atoms with van der Waals surface area (Å²) in [4.78, 5) is 10.8. The maximum Gasteiger partial charge on any atom is 0.407 e. The summed E-state index contributed by atoms with van der Waals surface area (Å²) >= 11 is 0. The topological polar surface area (TPSA) is 47.6 Å². The van der Waals surface area contributed by atoms with Crippen LogP contribution in [0.5, 0.6) is 0 Å². The second kappa shape index (κ2) is 4.18. The summed E-state index contributed by atoms with van der Waals surface area (Å²) in [6.07, 6.45) is 1.87. The maximum atomic E-state index is 10.8. The fourth-order valence-corrected chi connectivity index (χ4v) is 0.634. The lowest BCUT2D eigenvalue weighted by Crippen LogP contribution is -2.28. The SMILES string of the molecule is COCCNC(=O)OC1CC1. The van der Waals surface area contributed by atoms with Crippen LogP contribution in [-0.2, 0) is 9.47 Å². The smallest absolute Gasteiger partial charge is 0.407 e. The van der Waals surface area contributed by atoms with Crippen molar-refractivity contribution in [2.75, 3.05) is 20.3 Å². The minimum atomic E-state index is -0.329. The van der Waals surface area contributed by atoms with E-state index in [1.807, 2.05) is 0 Å². The highest BCUT2D eigenvalue weighted by molar-refractivity contribution is 5.67. The highest BCUT2D eigenvalue weighted by atomic mass is 16.6. The highest BCUT2D eigenvalue weighted by Crippen LogP contribution is 2.23. The van der Waals surface area contributed by atoms with Crippen LogP contribution in [0.2, 0.25) is 0 Å². The van der Waals surface area contributed by atoms with E-state index in [-0.39, 0.29) is 12.2 Å². The summed E-state index contributed by atoms with van der Waals surface area (Å²) in [5.74, 6) is 0. The van der Waals surface area contributed by atoms with Gasteiger partial charge in [0.25, 0.3) is 0 Å². The first-order valence-corrected chi connectivity index (χ1v) is 3.76. The van der Waals surface area contributed by atoms with E-state index in [1.54, 1.807) is 7.11 Å². The Hall–Kier alpha value is -0.770. The molecule has 11 heavy (non-hydrogen) atoms. The van der Waals surface area contributed by atoms with Gasteiger partial charge in [0.15, 0.2) is 0 Å². The van der Waals surface area contributed by atoms with E-state index in [9.17, 15) is 4.79 Å². The molecule has 0 saturated heterocycles. The number of rotatable bonds is 4. The van der Waals surface area contributed by atoms with Gasteiger partial charge in [-0.1, -0.05) is 0 Å². The fourth-order valence-electron chi connectivity index (χ4n) is 0.634. The van der Waals surface area contributed by atoms with Crippen molar-refractivity contribution in [3.8, 4) is 0 Å². The van der Waals surface area contributed by atoms with Gasteiger partial charge >= 0.3 is 6.09 Å². The molecule has 1 aliphatic carbocycles. The fraction of sp³-hybridized carbons (Fsp3) is 0.857. The van der Waals surface area contributed by atoms with Crippen LogP contribution in [0, 0.1) is 0 Å². The van der Waals surface area contributed by atoms with Crippen molar-refractivity contribution < 1.29 is 14.3 Å². The molecule has 0 aliphatic heterocycles. The minimum absolute atomic E-state index is 0.178. The highest BCUT2D eigenvalue weighted by Gasteiger charge is 2.25. The third-order valence-corrected chi connectivity index (χ3v) is 1.37. The number of alkyl carbamates (subject to hydrolysis) is 1. The molecule has 0 spiro atoms. The molecule has 0 aromatic carbocycles. The Morgan fingerprint density at radius 2 is 2.36 bits per heavy atom. The van der Waals surface area contributed by atoms with E-state index in [2.05, 4.69) is 5.32 Å². The van der Waals surface area contributed by atoms with Gasteiger partial charge in [0.2, 0.25) is 0 Å². The molecule has 1 saturated carbocycles. The summed E-state index contributed by atoms with van der Waals surface area (Å²) in [6, 6.07) is 0. The van der Waals surface area contributed by atoms with E-state index < -0.39 is 0 Å². The molecule has 1 fully saturated rings. The minimum Gasteiger partial charge on any atom is -0.446 e. The lowest BCUT2D eigenvalue weighted by Gasteiger charge is -2.03. The number of amides is 1. The normalized spacial score (nSPS) is 16.1. The van der Waals surface area contributed by atoms with Crippen LogP contribution in [0.25, 0.3) is 0 Å². The molecule has 0 radical (unpaired) electrons. The van der Waals surface area contributed by atoms with Crippen molar-refractivity contribution in [3.05, 3.63) is 0 Å². The number of nitrogens with one attached hydrogen (secondary N) is 1. The summed E-state index contributed by atoms with van der Waals surface area (Å²) in [6.45, 7) is 1.04. The van der Waals surface area contributed by atoms with Crippen LogP contribution in [0.1, 0.15) is 12.8 Å². The lowest BCUT2D eigenvalue weighted by atomic mass is 10.7. The van der Waals surface area contributed by atoms with Crippen molar-refractivity contribution in [3.63, 3.8) is 0 Å². The van der Waals surface area contributed by atoms with Crippen molar-refractivity contribution in [2.24, 2.45) is 0 Å². The molecule has 0 atom stereocenters. The van der Waals surface area contributed by atoms with Gasteiger partial charge in [-0.25, -0.2) is 4.79 Å². The summed E-state index contributed by atoms with van der Waals surface area (Å²) in [5.41, 5.74) is 0. The summed E-state index contributed by atoms with van der Waals surface area (Å²) in [5, 5.41) is 2.57. The number of hydrogen-bond donors (Lipinski definition) is 1. The molecule has 1 rings (SSSR count). The predicted molar refractivity (Wildman–Crippen MR) is 39.4 cm³/mol. The average Bonchev–Trinajstić information content (AvgIpc) is 2.72. The Labute approximate surface area is 65.9 Å². The second-order valence-electron chi connectivity index (χ2n) is 2.52. The third-order valence-electron chi connectivity index (χ3n) is 1.37. The molecule has 0 aromatic rings. The Balaban J connectivity index is 1.92. The van der Waals surface area contributed by atoms with E-state index in [1.165, 1.54) is 0 Å². The maximum absolute atomic E-state index is 10.8. The molecule has 1 amide bonds. The summed E-state index contributed by atoms with van der Waals surface area (Å²) in [7, 11) is 1.59. The number of methoxy groups -OCH3 is 1. The molecular formula is C7H13NO3. The number of ether oxygens (including phenoxy) is 2. The van der Waals surface area contributed by atoms with Crippen molar-refractivity contribution >= 4 is 6.09 Å². The van der Waals surface area contributed by atoms with Crippen LogP contribution < -0.4 is 5.32 Å². The van der Waals surface area contributed by atoms with Crippen LogP contribution in [-0.4, -0.2) is 32.5 Å². The van der Waals surface area contributed by atoms with Gasteiger partial charge in [-0.2, -0.15) is 0 Å². The van der Waals surface area contributed by atoms with Crippen LogP contribution in [0.15, 0.2) is 0 Å². The first-order valence-electron chi connectivity index (χ1n) is 3.76. The molecule has 0 aromatic heterocycles. The largest absolute Gasteiger partial charge is 0.446 e. The van der Waals surface area contributed by atoms with Gasteiger partial charge in [-0.15, -0.1) is 0 Å². The zero-order valence-corrected chi connectivity index (χ0v) is 6.63. The summed E-state index contributed by atoms with van der Waals surface area (Å²) < 4.78 is 9.64. The third kappa shape index (κ3) is 3.83. The second-order valence-corrected chi connectivity index (χ2v) is 2.52. The Morgan fingerprint density at radius 3 is 2.91 bits per heavy atom. The van der Waals surface area contributed by atoms with Gasteiger partial charge in [-0.3, -0.25) is 0 Å². The Bertz CT molecular complexity index is 134. The van der Waals surface area contributed by atoms with Gasteiger partial charge in [0.1, 0.15) is 6.10 Å². The van der Waals surface area contributed by atoms with E-state index in [4.69, 9.17) is 9.47 Å². The number of carbonyl (C=O) groups is 1. The van der Waals surface area contributed by atoms with Crippen molar-refractivity contribution in [1.82, 2.24) is 5.32 Å². The van der Waals surface area contributed by atoms with Crippen molar-refractivity contribution in [1.29, 1.82) is 0 Å². The molecule has 0 bridgehead atoms. The predicted octanol–water partition coefficient (Wildman–Crippen LogP) is 0.521. The van der Waals surface area contributed by atoms with Gasteiger partial charge in [0.05, 0.1) is 6.61 Å². The number of carbonyl (C=O) groups excluding carboxylic acids is 1. The van der Waals surface area contributed by atoms with E-state index >= 15 is 0 Å². The molecule has 1 N–H and O–H groups in total. The molecule has 4 heteroatoms. The monoisotopic (exact) mass is 159 g/mol. The molecule has 0 unspecified atom stereocenters. The van der Waals surface area contributed by atoms with Gasteiger partial charge < -0.3 is 14.8 Å². The van der Waals surface area contributed by atoms with E-state index in [0.717, 1.165) is 12.8 Å². The number of hydrogen-bond acceptors (Lipinski definition) is 3. The van der Waals surface area contributed by atoms with Crippen LogP contribution >= 0.6 is 0 Å². The zero-order chi connectivity index (χ0) is 8.10. The molecule has 0 heterocycles. The standard InChI is InChI=1S/C7H13NO3/c1-10-5-4-8-7(9)11-6-2-3-6/h6H,2-5H2,1H3,(H,8,9). The molecule has 64 valence electrons. The molecule has 4 nitrogen and oxygen atoms in total. The van der Waals surface area contributed by atoms with E-state index in [0.29, 0.717) is 13.2 Å². The Morgan fingerprint density at radius 1 is 1.64 bits per heavy atom. The zero-order valence-electron chi connectivity index (χ0n) is 6.63. The molecule has 1 aliphatic rings. The van der Waals surface area contributed by atoms with Crippen molar-refractivity contribution in [2.45, 2.75) is 18.9 Å². The van der Waals surface area contributed by atoms with Gasteiger partial charge in [0, 0.05) is 13.7 Å². The quantitative estimate of drug-likeness (QED) is 0.608. The van der Waals surface area contributed by atoms with Crippen LogP contribution in [0.4, 0.5) is 4.79 Å². The van der Waals surface area contributed by atoms with Gasteiger partial charge in [-0.05, 0) is 12.8 Å². The lowest BCUT2D eigenvalue weighted by molar-refractivity contribution is 0.133.